The monoisotopic (exact) mass is 254 g/mol. The fraction of sp³-hybridized carbons (Fsp3) is 0.750. The fourth-order valence-electron chi connectivity index (χ4n) is 0.861. The minimum absolute atomic E-state index is 0.211. The Kier molecular flexibility index (Phi) is 3.44. The lowest BCUT2D eigenvalue weighted by Gasteiger charge is -2.33. The van der Waals surface area contributed by atoms with Crippen molar-refractivity contribution in [3.63, 3.8) is 0 Å². The van der Waals surface area contributed by atoms with Crippen molar-refractivity contribution >= 4 is 16.5 Å². The molecule has 0 atom stereocenters. The van der Waals surface area contributed by atoms with Crippen LogP contribution in [-0.4, -0.2) is 29.3 Å². The van der Waals surface area contributed by atoms with Crippen LogP contribution in [0.1, 0.15) is 18.9 Å². The molecule has 1 aromatic rings. The van der Waals surface area contributed by atoms with Crippen molar-refractivity contribution in [2.24, 2.45) is 5.73 Å². The zero-order valence-corrected chi connectivity index (χ0v) is 9.98. The molecule has 1 aromatic heterocycles. The standard InChI is InChI=1S/C8H13F3N4S/c1-7(2,4-12)15(3)6-14-13-5(16-6)8(9,10)11/h4,12H2,1-3H3. The highest BCUT2D eigenvalue weighted by atomic mass is 32.1. The molecule has 2 N–H and O–H groups in total. The summed E-state index contributed by atoms with van der Waals surface area (Å²) in [6.07, 6.45) is -4.44. The molecule has 0 aliphatic carbocycles. The van der Waals surface area contributed by atoms with Crippen LogP contribution in [0.4, 0.5) is 18.3 Å². The summed E-state index contributed by atoms with van der Waals surface area (Å²) in [6.45, 7) is 3.95. The topological polar surface area (TPSA) is 55.0 Å². The Bertz CT molecular complexity index is 360. The molecule has 1 rings (SSSR count). The summed E-state index contributed by atoms with van der Waals surface area (Å²) >= 11 is 0.513. The van der Waals surface area contributed by atoms with E-state index in [1.165, 1.54) is 0 Å². The summed E-state index contributed by atoms with van der Waals surface area (Å²) in [5.41, 5.74) is 5.07. The van der Waals surface area contributed by atoms with Gasteiger partial charge in [-0.1, -0.05) is 11.3 Å². The largest absolute Gasteiger partial charge is 0.445 e. The van der Waals surface area contributed by atoms with Crippen molar-refractivity contribution in [2.75, 3.05) is 18.5 Å². The second-order valence-electron chi connectivity index (χ2n) is 3.96. The van der Waals surface area contributed by atoms with Crippen LogP contribution in [0.5, 0.6) is 0 Å². The summed E-state index contributed by atoms with van der Waals surface area (Å²) in [7, 11) is 1.65. The molecule has 0 fully saturated rings. The number of halogens is 3. The average Bonchev–Trinajstić information content (AvgIpc) is 2.64. The molecule has 1 heterocycles. The number of hydrogen-bond acceptors (Lipinski definition) is 5. The van der Waals surface area contributed by atoms with Crippen LogP contribution in [0.25, 0.3) is 0 Å². The van der Waals surface area contributed by atoms with Gasteiger partial charge in [-0.3, -0.25) is 0 Å². The molecule has 0 unspecified atom stereocenters. The van der Waals surface area contributed by atoms with Crippen LogP contribution in [-0.2, 0) is 6.18 Å². The van der Waals surface area contributed by atoms with E-state index in [1.807, 2.05) is 13.8 Å². The molecule has 0 radical (unpaired) electrons. The van der Waals surface area contributed by atoms with E-state index in [4.69, 9.17) is 5.73 Å². The number of nitrogens with zero attached hydrogens (tertiary/aromatic N) is 3. The molecular weight excluding hydrogens is 241 g/mol. The zero-order chi connectivity index (χ0) is 12.6. The van der Waals surface area contributed by atoms with E-state index in [2.05, 4.69) is 10.2 Å². The average molecular weight is 254 g/mol. The molecule has 0 aromatic carbocycles. The molecule has 8 heteroatoms. The second kappa shape index (κ2) is 4.17. The Hall–Kier alpha value is -0.890. The van der Waals surface area contributed by atoms with Gasteiger partial charge in [0.2, 0.25) is 10.1 Å². The number of hydrogen-bond donors (Lipinski definition) is 1. The van der Waals surface area contributed by atoms with E-state index in [1.54, 1.807) is 11.9 Å². The smallest absolute Gasteiger partial charge is 0.343 e. The Morgan fingerprint density at radius 2 is 1.88 bits per heavy atom. The SMILES string of the molecule is CN(c1nnc(C(F)(F)F)s1)C(C)(C)CN. The van der Waals surface area contributed by atoms with Crippen molar-refractivity contribution in [3.05, 3.63) is 5.01 Å². The Labute approximate surface area is 95.3 Å². The zero-order valence-electron chi connectivity index (χ0n) is 9.17. The van der Waals surface area contributed by atoms with Crippen molar-refractivity contribution < 1.29 is 13.2 Å². The predicted molar refractivity (Wildman–Crippen MR) is 56.4 cm³/mol. The third kappa shape index (κ3) is 2.62. The van der Waals surface area contributed by atoms with Crippen LogP contribution in [0, 0.1) is 0 Å². The van der Waals surface area contributed by atoms with Crippen LogP contribution in [0.15, 0.2) is 0 Å². The number of anilines is 1. The van der Waals surface area contributed by atoms with Gasteiger partial charge in [0.1, 0.15) is 0 Å². The maximum absolute atomic E-state index is 12.3. The summed E-state index contributed by atoms with van der Waals surface area (Å²) in [6, 6.07) is 0. The van der Waals surface area contributed by atoms with Crippen LogP contribution in [0.3, 0.4) is 0 Å². The molecule has 16 heavy (non-hydrogen) atoms. The number of likely N-dealkylation sites (N-methyl/N-ethyl adjacent to an activating group) is 1. The lowest BCUT2D eigenvalue weighted by atomic mass is 10.1. The highest BCUT2D eigenvalue weighted by molar-refractivity contribution is 7.15. The Morgan fingerprint density at radius 1 is 1.31 bits per heavy atom. The van der Waals surface area contributed by atoms with Gasteiger partial charge in [-0.15, -0.1) is 10.2 Å². The molecule has 0 amide bonds. The van der Waals surface area contributed by atoms with E-state index >= 15 is 0 Å². The van der Waals surface area contributed by atoms with Crippen LogP contribution >= 0.6 is 11.3 Å². The van der Waals surface area contributed by atoms with Gasteiger partial charge in [0.05, 0.1) is 0 Å². The van der Waals surface area contributed by atoms with Gasteiger partial charge in [0, 0.05) is 19.1 Å². The molecule has 0 aliphatic heterocycles. The summed E-state index contributed by atoms with van der Waals surface area (Å²) in [5.74, 6) is 0. The summed E-state index contributed by atoms with van der Waals surface area (Å²) in [4.78, 5) is 1.60. The van der Waals surface area contributed by atoms with E-state index < -0.39 is 16.7 Å². The van der Waals surface area contributed by atoms with Gasteiger partial charge in [0.25, 0.3) is 0 Å². The first kappa shape index (κ1) is 13.2. The fourth-order valence-corrected chi connectivity index (χ4v) is 1.70. The van der Waals surface area contributed by atoms with E-state index in [0.717, 1.165) is 0 Å². The molecule has 92 valence electrons. The van der Waals surface area contributed by atoms with Crippen molar-refractivity contribution in [1.29, 1.82) is 0 Å². The van der Waals surface area contributed by atoms with Crippen LogP contribution < -0.4 is 10.6 Å². The molecular formula is C8H13F3N4S. The first-order valence-electron chi connectivity index (χ1n) is 4.53. The van der Waals surface area contributed by atoms with Gasteiger partial charge in [-0.2, -0.15) is 13.2 Å². The molecule has 0 bridgehead atoms. The van der Waals surface area contributed by atoms with Gasteiger partial charge in [0.15, 0.2) is 0 Å². The lowest BCUT2D eigenvalue weighted by molar-refractivity contribution is -0.138. The molecule has 0 spiro atoms. The Balaban J connectivity index is 2.95. The minimum Gasteiger partial charge on any atom is -0.343 e. The maximum Gasteiger partial charge on any atom is 0.445 e. The summed E-state index contributed by atoms with van der Waals surface area (Å²) < 4.78 is 36.9. The first-order chi connectivity index (χ1) is 7.18. The molecule has 4 nitrogen and oxygen atoms in total. The van der Waals surface area contributed by atoms with Gasteiger partial charge >= 0.3 is 6.18 Å². The minimum atomic E-state index is -4.44. The number of alkyl halides is 3. The normalized spacial score (nSPS) is 12.9. The molecule has 0 aliphatic rings. The third-order valence-corrected chi connectivity index (χ3v) is 3.40. The molecule has 0 saturated heterocycles. The predicted octanol–water partition coefficient (Wildman–Crippen LogP) is 1.73. The number of nitrogens with two attached hydrogens (primary N) is 1. The van der Waals surface area contributed by atoms with Crippen molar-refractivity contribution in [1.82, 2.24) is 10.2 Å². The van der Waals surface area contributed by atoms with E-state index in [0.29, 0.717) is 17.9 Å². The number of aromatic nitrogens is 2. The van der Waals surface area contributed by atoms with Gasteiger partial charge in [-0.05, 0) is 13.8 Å². The highest BCUT2D eigenvalue weighted by Gasteiger charge is 2.37. The second-order valence-corrected chi connectivity index (χ2v) is 4.92. The lowest BCUT2D eigenvalue weighted by Crippen LogP contribution is -2.47. The quantitative estimate of drug-likeness (QED) is 0.892. The van der Waals surface area contributed by atoms with E-state index in [-0.39, 0.29) is 5.13 Å². The van der Waals surface area contributed by atoms with Crippen LogP contribution in [0.2, 0.25) is 0 Å². The first-order valence-corrected chi connectivity index (χ1v) is 5.35. The van der Waals surface area contributed by atoms with Crippen molar-refractivity contribution in [2.45, 2.75) is 25.6 Å². The maximum atomic E-state index is 12.3. The highest BCUT2D eigenvalue weighted by Crippen LogP contribution is 2.35. The van der Waals surface area contributed by atoms with Gasteiger partial charge in [-0.25, -0.2) is 0 Å². The van der Waals surface area contributed by atoms with E-state index in [9.17, 15) is 13.2 Å². The van der Waals surface area contributed by atoms with Gasteiger partial charge < -0.3 is 10.6 Å². The third-order valence-electron chi connectivity index (χ3n) is 2.35. The Morgan fingerprint density at radius 3 is 2.25 bits per heavy atom. The molecule has 0 saturated carbocycles. The van der Waals surface area contributed by atoms with Crippen molar-refractivity contribution in [3.8, 4) is 0 Å². The number of rotatable bonds is 3. The summed E-state index contributed by atoms with van der Waals surface area (Å²) in [5, 5.41) is 5.90.